The van der Waals surface area contributed by atoms with Gasteiger partial charge >= 0.3 is 0 Å². The summed E-state index contributed by atoms with van der Waals surface area (Å²) in [6.45, 7) is 11.1. The van der Waals surface area contributed by atoms with E-state index in [0.717, 1.165) is 12.8 Å². The van der Waals surface area contributed by atoms with Crippen LogP contribution in [-0.2, 0) is 4.79 Å². The van der Waals surface area contributed by atoms with Gasteiger partial charge in [-0.15, -0.1) is 0 Å². The molecule has 1 nitrogen and oxygen atoms in total. The lowest BCUT2D eigenvalue weighted by Gasteiger charge is -2.51. The van der Waals surface area contributed by atoms with Crippen LogP contribution >= 0.6 is 0 Å². The Balaban J connectivity index is 2.39. The Hall–Kier alpha value is -0.590. The summed E-state index contributed by atoms with van der Waals surface area (Å²) in [5, 5.41) is 0. The maximum Gasteiger partial charge on any atom is 0.140 e. The van der Waals surface area contributed by atoms with Crippen molar-refractivity contribution in [2.45, 2.75) is 53.9 Å². The van der Waals surface area contributed by atoms with Gasteiger partial charge in [-0.05, 0) is 37.0 Å². The smallest absolute Gasteiger partial charge is 0.140 e. The van der Waals surface area contributed by atoms with Gasteiger partial charge in [0.1, 0.15) is 5.78 Å². The molecule has 0 aromatic heterocycles. The van der Waals surface area contributed by atoms with E-state index in [1.165, 1.54) is 12.0 Å². The minimum absolute atomic E-state index is 0.0883. The number of ketones is 1. The lowest BCUT2D eigenvalue weighted by molar-refractivity contribution is -0.142. The van der Waals surface area contributed by atoms with Gasteiger partial charge in [0.2, 0.25) is 0 Å². The van der Waals surface area contributed by atoms with E-state index in [2.05, 4.69) is 40.7 Å². The van der Waals surface area contributed by atoms with Crippen molar-refractivity contribution in [1.29, 1.82) is 0 Å². The average molecular weight is 220 g/mol. The Morgan fingerprint density at radius 2 is 1.94 bits per heavy atom. The molecule has 2 rings (SSSR count). The molecule has 2 aliphatic rings. The Morgan fingerprint density at radius 1 is 1.31 bits per heavy atom. The van der Waals surface area contributed by atoms with Crippen molar-refractivity contribution in [2.75, 3.05) is 0 Å². The van der Waals surface area contributed by atoms with Crippen molar-refractivity contribution < 1.29 is 4.79 Å². The second-order valence-electron chi connectivity index (χ2n) is 6.95. The quantitative estimate of drug-likeness (QED) is 0.564. The van der Waals surface area contributed by atoms with E-state index in [1.807, 2.05) is 0 Å². The molecule has 0 amide bonds. The van der Waals surface area contributed by atoms with Gasteiger partial charge < -0.3 is 0 Å². The molecule has 0 bridgehead atoms. The number of carbonyl (C=O) groups excluding carboxylic acids is 1. The van der Waals surface area contributed by atoms with Crippen LogP contribution in [0.1, 0.15) is 53.9 Å². The molecule has 16 heavy (non-hydrogen) atoms. The van der Waals surface area contributed by atoms with Crippen LogP contribution in [0, 0.1) is 22.7 Å². The monoisotopic (exact) mass is 220 g/mol. The third-order valence-electron chi connectivity index (χ3n) is 4.94. The van der Waals surface area contributed by atoms with E-state index < -0.39 is 0 Å². The van der Waals surface area contributed by atoms with Gasteiger partial charge in [0.05, 0.1) is 0 Å². The second-order valence-corrected chi connectivity index (χ2v) is 6.95. The lowest BCUT2D eigenvalue weighted by atomic mass is 9.52. The van der Waals surface area contributed by atoms with Gasteiger partial charge in [-0.1, -0.05) is 39.3 Å². The van der Waals surface area contributed by atoms with Crippen molar-refractivity contribution >= 4 is 5.78 Å². The van der Waals surface area contributed by atoms with Crippen LogP contribution in [0.25, 0.3) is 0 Å². The Bertz CT molecular complexity index is 350. The number of fused-ring (bicyclic) bond motifs is 1. The summed E-state index contributed by atoms with van der Waals surface area (Å²) in [6.07, 6.45) is 5.39. The number of hydrogen-bond acceptors (Lipinski definition) is 1. The number of carbonyl (C=O) groups is 1. The Kier molecular flexibility index (Phi) is 2.56. The summed E-state index contributed by atoms with van der Waals surface area (Å²) in [5.41, 5.74) is 1.59. The van der Waals surface area contributed by atoms with Crippen molar-refractivity contribution in [3.8, 4) is 0 Å². The largest absolute Gasteiger partial charge is 0.299 e. The average Bonchev–Trinajstić information content (AvgIpc) is 2.09. The highest BCUT2D eigenvalue weighted by Gasteiger charge is 2.52. The molecule has 1 saturated carbocycles. The molecule has 90 valence electrons. The summed E-state index contributed by atoms with van der Waals surface area (Å²) in [4.78, 5) is 12.5. The molecule has 0 aromatic carbocycles. The van der Waals surface area contributed by atoms with E-state index in [1.54, 1.807) is 0 Å². The molecule has 0 saturated heterocycles. The molecule has 0 spiro atoms. The highest BCUT2D eigenvalue weighted by molar-refractivity contribution is 5.87. The van der Waals surface area contributed by atoms with Gasteiger partial charge in [-0.25, -0.2) is 0 Å². The first-order valence-corrected chi connectivity index (χ1v) is 6.46. The van der Waals surface area contributed by atoms with Crippen LogP contribution in [-0.4, -0.2) is 5.78 Å². The van der Waals surface area contributed by atoms with Gasteiger partial charge in [-0.3, -0.25) is 4.79 Å². The molecule has 0 radical (unpaired) electrons. The van der Waals surface area contributed by atoms with Crippen molar-refractivity contribution in [3.05, 3.63) is 11.6 Å². The molecule has 0 aliphatic heterocycles. The minimum Gasteiger partial charge on any atom is -0.299 e. The molecule has 0 heterocycles. The summed E-state index contributed by atoms with van der Waals surface area (Å²) in [6, 6.07) is 0. The molecule has 2 aliphatic carbocycles. The zero-order chi connectivity index (χ0) is 12.1. The predicted molar refractivity (Wildman–Crippen MR) is 67.2 cm³/mol. The standard InChI is InChI=1S/C15H24O/c1-10-6-11(2)15(5)12(7-10)8-14(3,4)9-13(15)16/h6,11-12H,7-9H2,1-5H3/t11-,12+,15+/m0/s1. The van der Waals surface area contributed by atoms with Gasteiger partial charge in [0, 0.05) is 11.8 Å². The molecule has 1 heteroatoms. The van der Waals surface area contributed by atoms with Crippen molar-refractivity contribution in [1.82, 2.24) is 0 Å². The molecule has 3 atom stereocenters. The molecule has 0 unspecified atom stereocenters. The Morgan fingerprint density at radius 3 is 2.56 bits per heavy atom. The van der Waals surface area contributed by atoms with Crippen molar-refractivity contribution in [3.63, 3.8) is 0 Å². The van der Waals surface area contributed by atoms with Gasteiger partial charge in [0.15, 0.2) is 0 Å². The maximum atomic E-state index is 12.5. The Labute approximate surface area is 99.3 Å². The topological polar surface area (TPSA) is 17.1 Å². The van der Waals surface area contributed by atoms with Gasteiger partial charge in [0.25, 0.3) is 0 Å². The highest BCUT2D eigenvalue weighted by atomic mass is 16.1. The normalized spacial score (nSPS) is 42.6. The van der Waals surface area contributed by atoms with E-state index in [0.29, 0.717) is 17.6 Å². The summed E-state index contributed by atoms with van der Waals surface area (Å²) < 4.78 is 0. The van der Waals surface area contributed by atoms with E-state index in [4.69, 9.17) is 0 Å². The van der Waals surface area contributed by atoms with Crippen LogP contribution in [0.3, 0.4) is 0 Å². The predicted octanol–water partition coefficient (Wildman–Crippen LogP) is 3.98. The first-order chi connectivity index (χ1) is 7.25. The first kappa shape index (κ1) is 11.9. The SMILES string of the molecule is CC1=C[C@H](C)[C@@]2(C)C(=O)CC(C)(C)C[C@H]2C1. The summed E-state index contributed by atoms with van der Waals surface area (Å²) >= 11 is 0. The summed E-state index contributed by atoms with van der Waals surface area (Å²) in [5.74, 6) is 1.46. The van der Waals surface area contributed by atoms with Gasteiger partial charge in [-0.2, -0.15) is 0 Å². The fraction of sp³-hybridized carbons (Fsp3) is 0.800. The molecule has 1 fully saturated rings. The van der Waals surface area contributed by atoms with Crippen molar-refractivity contribution in [2.24, 2.45) is 22.7 Å². The molecule has 0 N–H and O–H groups in total. The van der Waals surface area contributed by atoms with Crippen LogP contribution in [0.15, 0.2) is 11.6 Å². The lowest BCUT2D eigenvalue weighted by Crippen LogP contribution is -2.50. The molecule has 0 aromatic rings. The fourth-order valence-electron chi connectivity index (χ4n) is 3.77. The van der Waals surface area contributed by atoms with E-state index >= 15 is 0 Å². The van der Waals surface area contributed by atoms with Crippen LogP contribution < -0.4 is 0 Å². The van der Waals surface area contributed by atoms with Crippen LogP contribution in [0.2, 0.25) is 0 Å². The molecular weight excluding hydrogens is 196 g/mol. The maximum absolute atomic E-state index is 12.5. The minimum atomic E-state index is -0.0883. The number of rotatable bonds is 0. The third-order valence-corrected chi connectivity index (χ3v) is 4.94. The van der Waals surface area contributed by atoms with Crippen LogP contribution in [0.5, 0.6) is 0 Å². The van der Waals surface area contributed by atoms with E-state index in [9.17, 15) is 4.79 Å². The first-order valence-electron chi connectivity index (χ1n) is 6.46. The summed E-state index contributed by atoms with van der Waals surface area (Å²) in [7, 11) is 0. The zero-order valence-corrected chi connectivity index (χ0v) is 11.3. The van der Waals surface area contributed by atoms with E-state index in [-0.39, 0.29) is 10.8 Å². The third kappa shape index (κ3) is 1.65. The molecular formula is C15H24O. The van der Waals surface area contributed by atoms with Crippen LogP contribution in [0.4, 0.5) is 0 Å². The zero-order valence-electron chi connectivity index (χ0n) is 11.3. The number of allylic oxidation sites excluding steroid dienone is 2. The highest BCUT2D eigenvalue weighted by Crippen LogP contribution is 2.54. The second kappa shape index (κ2) is 3.45. The fourth-order valence-corrected chi connectivity index (χ4v) is 3.77. The number of Topliss-reactive ketones (excluding diaryl/α,β-unsaturated/α-hetero) is 1. The number of hydrogen-bond donors (Lipinski definition) is 0.